The van der Waals surface area contributed by atoms with Crippen molar-refractivity contribution in [3.8, 4) is 0 Å². The fourth-order valence-electron chi connectivity index (χ4n) is 2.47. The molecule has 1 unspecified atom stereocenters. The van der Waals surface area contributed by atoms with Crippen LogP contribution in [0.1, 0.15) is 33.3 Å². The number of carbonyl (C=O) groups excluding carboxylic acids is 2. The van der Waals surface area contributed by atoms with Crippen molar-refractivity contribution >= 4 is 23.2 Å². The average Bonchev–Trinajstić information content (AvgIpc) is 3.35. The van der Waals surface area contributed by atoms with E-state index >= 15 is 0 Å². The van der Waals surface area contributed by atoms with Gasteiger partial charge in [0.25, 0.3) is 5.91 Å². The summed E-state index contributed by atoms with van der Waals surface area (Å²) in [5, 5.41) is 8.87. The average molecular weight is 370 g/mol. The SMILES string of the molecule is COC(=O)CC(NC(=O)c1ccc(Cn2cncn2)cc1)c1cccs1. The highest BCUT2D eigenvalue weighted by Crippen LogP contribution is 2.23. The summed E-state index contributed by atoms with van der Waals surface area (Å²) in [5.41, 5.74) is 1.54. The van der Waals surface area contributed by atoms with Gasteiger partial charge in [-0.15, -0.1) is 11.3 Å². The molecule has 1 aromatic carbocycles. The van der Waals surface area contributed by atoms with Gasteiger partial charge >= 0.3 is 5.97 Å². The molecule has 0 spiro atoms. The minimum Gasteiger partial charge on any atom is -0.469 e. The monoisotopic (exact) mass is 370 g/mol. The normalized spacial score (nSPS) is 11.7. The fraction of sp³-hybridized carbons (Fsp3) is 0.222. The summed E-state index contributed by atoms with van der Waals surface area (Å²) in [6, 6.07) is 10.6. The standard InChI is InChI=1S/C18H18N4O3S/c1-25-17(23)9-15(16-3-2-8-26-16)21-18(24)14-6-4-13(5-7-14)10-22-12-19-11-20-22/h2-8,11-12,15H,9-10H2,1H3,(H,21,24). The Hall–Kier alpha value is -3.00. The molecule has 3 aromatic rings. The number of amides is 1. The predicted octanol–water partition coefficient (Wildman–Crippen LogP) is 2.42. The van der Waals surface area contributed by atoms with Gasteiger partial charge in [-0.2, -0.15) is 5.10 Å². The molecule has 0 saturated heterocycles. The van der Waals surface area contributed by atoms with Gasteiger partial charge in [-0.1, -0.05) is 18.2 Å². The van der Waals surface area contributed by atoms with Crippen molar-refractivity contribution < 1.29 is 14.3 Å². The van der Waals surface area contributed by atoms with E-state index in [-0.39, 0.29) is 18.3 Å². The van der Waals surface area contributed by atoms with Gasteiger partial charge in [0.05, 0.1) is 26.1 Å². The van der Waals surface area contributed by atoms with Crippen LogP contribution in [-0.2, 0) is 16.1 Å². The molecule has 1 N–H and O–H groups in total. The largest absolute Gasteiger partial charge is 0.469 e. The summed E-state index contributed by atoms with van der Waals surface area (Å²) < 4.78 is 6.44. The van der Waals surface area contributed by atoms with E-state index in [1.165, 1.54) is 24.8 Å². The van der Waals surface area contributed by atoms with Gasteiger partial charge < -0.3 is 10.1 Å². The van der Waals surface area contributed by atoms with Crippen LogP contribution in [0.2, 0.25) is 0 Å². The van der Waals surface area contributed by atoms with Crippen LogP contribution >= 0.6 is 11.3 Å². The zero-order valence-electron chi connectivity index (χ0n) is 14.2. The number of hydrogen-bond acceptors (Lipinski definition) is 6. The second kappa shape index (κ2) is 8.39. The molecule has 2 heterocycles. The highest BCUT2D eigenvalue weighted by atomic mass is 32.1. The molecular weight excluding hydrogens is 352 g/mol. The van der Waals surface area contributed by atoms with Gasteiger partial charge in [-0.3, -0.25) is 9.59 Å². The van der Waals surface area contributed by atoms with E-state index in [1.54, 1.807) is 23.1 Å². The second-order valence-corrected chi connectivity index (χ2v) is 6.59. The highest BCUT2D eigenvalue weighted by molar-refractivity contribution is 7.10. The summed E-state index contributed by atoms with van der Waals surface area (Å²) in [6.07, 6.45) is 3.21. The number of benzene rings is 1. The van der Waals surface area contributed by atoms with Crippen molar-refractivity contribution in [3.63, 3.8) is 0 Å². The summed E-state index contributed by atoms with van der Waals surface area (Å²) in [6.45, 7) is 0.585. The molecule has 2 aromatic heterocycles. The smallest absolute Gasteiger partial charge is 0.307 e. The molecular formula is C18H18N4O3S. The van der Waals surface area contributed by atoms with Gasteiger partial charge in [-0.05, 0) is 29.1 Å². The van der Waals surface area contributed by atoms with Crippen LogP contribution in [0.4, 0.5) is 0 Å². The maximum atomic E-state index is 12.6. The van der Waals surface area contributed by atoms with E-state index in [9.17, 15) is 9.59 Å². The first-order valence-corrected chi connectivity index (χ1v) is 8.86. The Bertz CT molecular complexity index is 845. The summed E-state index contributed by atoms with van der Waals surface area (Å²) in [4.78, 5) is 29.0. The number of rotatable bonds is 7. The lowest BCUT2D eigenvalue weighted by atomic mass is 10.1. The van der Waals surface area contributed by atoms with Crippen molar-refractivity contribution in [2.24, 2.45) is 0 Å². The number of hydrogen-bond donors (Lipinski definition) is 1. The molecule has 0 radical (unpaired) electrons. The quantitative estimate of drug-likeness (QED) is 0.646. The molecule has 1 amide bonds. The summed E-state index contributed by atoms with van der Waals surface area (Å²) >= 11 is 1.49. The number of nitrogens with one attached hydrogen (secondary N) is 1. The molecule has 1 atom stereocenters. The molecule has 8 heteroatoms. The van der Waals surface area contributed by atoms with Crippen LogP contribution in [0.3, 0.4) is 0 Å². The van der Waals surface area contributed by atoms with E-state index in [0.29, 0.717) is 12.1 Å². The third-order valence-electron chi connectivity index (χ3n) is 3.82. The summed E-state index contributed by atoms with van der Waals surface area (Å²) in [7, 11) is 1.34. The van der Waals surface area contributed by atoms with Crippen LogP contribution in [0.25, 0.3) is 0 Å². The van der Waals surface area contributed by atoms with Gasteiger partial charge in [-0.25, -0.2) is 9.67 Å². The molecule has 134 valence electrons. The zero-order chi connectivity index (χ0) is 18.4. The molecule has 3 rings (SSSR count). The fourth-order valence-corrected chi connectivity index (χ4v) is 3.24. The molecule has 26 heavy (non-hydrogen) atoms. The number of methoxy groups -OCH3 is 1. The number of carbonyl (C=O) groups is 2. The summed E-state index contributed by atoms with van der Waals surface area (Å²) in [5.74, 6) is -0.605. The van der Waals surface area contributed by atoms with E-state index in [1.807, 2.05) is 29.6 Å². The number of ether oxygens (including phenoxy) is 1. The van der Waals surface area contributed by atoms with Gasteiger partial charge in [0, 0.05) is 10.4 Å². The number of nitrogens with zero attached hydrogens (tertiary/aromatic N) is 3. The first kappa shape index (κ1) is 17.8. The lowest BCUT2D eigenvalue weighted by molar-refractivity contribution is -0.141. The Labute approximate surface area is 154 Å². The Morgan fingerprint density at radius 2 is 2.08 bits per heavy atom. The highest BCUT2D eigenvalue weighted by Gasteiger charge is 2.20. The van der Waals surface area contributed by atoms with Crippen molar-refractivity contribution in [3.05, 3.63) is 70.4 Å². The molecule has 0 aliphatic rings. The molecule has 0 bridgehead atoms. The number of aromatic nitrogens is 3. The van der Waals surface area contributed by atoms with Crippen molar-refractivity contribution in [1.82, 2.24) is 20.1 Å². The van der Waals surface area contributed by atoms with Crippen LogP contribution in [0.15, 0.2) is 54.4 Å². The molecule has 7 nitrogen and oxygen atoms in total. The van der Waals surface area contributed by atoms with Gasteiger partial charge in [0.15, 0.2) is 0 Å². The van der Waals surface area contributed by atoms with Crippen molar-refractivity contribution in [2.45, 2.75) is 19.0 Å². The minimum absolute atomic E-state index is 0.0904. The first-order chi connectivity index (χ1) is 12.7. The third kappa shape index (κ3) is 4.54. The Kier molecular flexibility index (Phi) is 5.75. The molecule has 0 aliphatic heterocycles. The predicted molar refractivity (Wildman–Crippen MR) is 96.7 cm³/mol. The lowest BCUT2D eigenvalue weighted by Crippen LogP contribution is -2.30. The van der Waals surface area contributed by atoms with Crippen molar-refractivity contribution in [1.29, 1.82) is 0 Å². The topological polar surface area (TPSA) is 86.1 Å². The second-order valence-electron chi connectivity index (χ2n) is 5.61. The van der Waals surface area contributed by atoms with Crippen LogP contribution in [-0.4, -0.2) is 33.8 Å². The molecule has 0 saturated carbocycles. The first-order valence-electron chi connectivity index (χ1n) is 7.98. The maximum Gasteiger partial charge on any atom is 0.307 e. The Morgan fingerprint density at radius 1 is 1.27 bits per heavy atom. The van der Waals surface area contributed by atoms with E-state index in [2.05, 4.69) is 15.4 Å². The number of esters is 1. The number of thiophene rings is 1. The molecule has 0 fully saturated rings. The van der Waals surface area contributed by atoms with Crippen LogP contribution < -0.4 is 5.32 Å². The van der Waals surface area contributed by atoms with E-state index < -0.39 is 6.04 Å². The third-order valence-corrected chi connectivity index (χ3v) is 4.80. The van der Waals surface area contributed by atoms with Crippen LogP contribution in [0, 0.1) is 0 Å². The molecule has 0 aliphatic carbocycles. The van der Waals surface area contributed by atoms with E-state index in [0.717, 1.165) is 10.4 Å². The maximum absolute atomic E-state index is 12.6. The van der Waals surface area contributed by atoms with Crippen molar-refractivity contribution in [2.75, 3.05) is 7.11 Å². The Morgan fingerprint density at radius 3 is 2.69 bits per heavy atom. The van der Waals surface area contributed by atoms with E-state index in [4.69, 9.17) is 4.74 Å². The van der Waals surface area contributed by atoms with Gasteiger partial charge in [0.1, 0.15) is 12.7 Å². The van der Waals surface area contributed by atoms with Gasteiger partial charge in [0.2, 0.25) is 0 Å². The van der Waals surface area contributed by atoms with Crippen LogP contribution in [0.5, 0.6) is 0 Å². The Balaban J connectivity index is 1.67. The minimum atomic E-state index is -0.412. The zero-order valence-corrected chi connectivity index (χ0v) is 15.0. The lowest BCUT2D eigenvalue weighted by Gasteiger charge is -2.16.